The Kier molecular flexibility index (Phi) is 6.67. The quantitative estimate of drug-likeness (QED) is 0.269. The molecule has 1 amide bonds. The lowest BCUT2D eigenvalue weighted by Crippen LogP contribution is -2.28. The predicted octanol–water partition coefficient (Wildman–Crippen LogP) is 7.44. The van der Waals surface area contributed by atoms with Crippen LogP contribution in [0.2, 0.25) is 0 Å². The van der Waals surface area contributed by atoms with Gasteiger partial charge in [-0.15, -0.1) is 11.3 Å². The third-order valence-electron chi connectivity index (χ3n) is 7.85. The highest BCUT2D eigenvalue weighted by Gasteiger charge is 2.35. The molecule has 4 aromatic rings. The van der Waals surface area contributed by atoms with E-state index in [9.17, 15) is 9.59 Å². The maximum Gasteiger partial charge on any atom is 0.341 e. The number of hydrogen-bond acceptors (Lipinski definition) is 6. The van der Waals surface area contributed by atoms with Crippen LogP contribution in [-0.2, 0) is 17.6 Å². The van der Waals surface area contributed by atoms with Crippen molar-refractivity contribution in [3.8, 4) is 11.5 Å². The van der Waals surface area contributed by atoms with Crippen molar-refractivity contribution in [2.45, 2.75) is 53.4 Å². The van der Waals surface area contributed by atoms with E-state index in [4.69, 9.17) is 14.1 Å². The molecule has 0 radical (unpaired) electrons. The fourth-order valence-corrected chi connectivity index (χ4v) is 6.49. The molecular weight excluding hydrogens is 484 g/mol. The van der Waals surface area contributed by atoms with Gasteiger partial charge in [-0.1, -0.05) is 45.4 Å². The van der Waals surface area contributed by atoms with E-state index in [1.54, 1.807) is 6.07 Å². The van der Waals surface area contributed by atoms with E-state index in [2.05, 4.69) is 26.1 Å². The first-order valence-electron chi connectivity index (χ1n) is 12.7. The number of para-hydroxylation sites is 1. The molecule has 192 valence electrons. The molecule has 0 saturated heterocycles. The van der Waals surface area contributed by atoms with Gasteiger partial charge in [0.2, 0.25) is 0 Å². The van der Waals surface area contributed by atoms with Crippen LogP contribution >= 0.6 is 11.3 Å². The van der Waals surface area contributed by atoms with E-state index in [0.29, 0.717) is 39.0 Å². The summed E-state index contributed by atoms with van der Waals surface area (Å²) in [5, 5.41) is 4.35. The smallest absolute Gasteiger partial charge is 0.341 e. The summed E-state index contributed by atoms with van der Waals surface area (Å²) < 4.78 is 10.9. The Balaban J connectivity index is 1.55. The van der Waals surface area contributed by atoms with Gasteiger partial charge in [-0.05, 0) is 67.3 Å². The van der Waals surface area contributed by atoms with Gasteiger partial charge < -0.3 is 14.5 Å². The Morgan fingerprint density at radius 2 is 2.00 bits per heavy atom. The monoisotopic (exact) mass is 516 g/mol. The molecule has 37 heavy (non-hydrogen) atoms. The third kappa shape index (κ3) is 4.68. The molecule has 1 N–H and O–H groups in total. The zero-order chi connectivity index (χ0) is 26.3. The molecule has 1 aliphatic rings. The summed E-state index contributed by atoms with van der Waals surface area (Å²) in [4.78, 5) is 32.5. The summed E-state index contributed by atoms with van der Waals surface area (Å²) >= 11 is 1.50. The second kappa shape index (κ2) is 9.78. The van der Waals surface area contributed by atoms with Crippen LogP contribution in [0, 0.1) is 18.3 Å². The van der Waals surface area contributed by atoms with Crippen LogP contribution in [0.5, 0.6) is 0 Å². The number of furan rings is 1. The molecule has 0 unspecified atom stereocenters. The molecule has 0 fully saturated rings. The standard InChI is InChI=1S/C30H32N2O4S/c1-6-30(3,4)18-12-13-20-25(15-18)37-28(26(20)29(34)35-5)32-27(33)21-16-23(24-14-11-17(2)36-24)31-22-10-8-7-9-19(21)22/h7-11,14,16,18H,6,12-13,15H2,1-5H3,(H,32,33)/t18-/m1/s1. The molecule has 7 heteroatoms. The highest BCUT2D eigenvalue weighted by atomic mass is 32.1. The molecule has 0 spiro atoms. The summed E-state index contributed by atoms with van der Waals surface area (Å²) in [5.41, 5.74) is 3.47. The van der Waals surface area contributed by atoms with E-state index in [0.717, 1.165) is 42.4 Å². The third-order valence-corrected chi connectivity index (χ3v) is 9.02. The van der Waals surface area contributed by atoms with Gasteiger partial charge in [0.15, 0.2) is 5.76 Å². The Labute approximate surface area is 221 Å². The van der Waals surface area contributed by atoms with Crippen LogP contribution in [0.25, 0.3) is 22.4 Å². The number of esters is 1. The van der Waals surface area contributed by atoms with Crippen LogP contribution < -0.4 is 5.32 Å². The lowest BCUT2D eigenvalue weighted by atomic mass is 9.69. The van der Waals surface area contributed by atoms with E-state index >= 15 is 0 Å². The number of nitrogens with one attached hydrogen (secondary N) is 1. The van der Waals surface area contributed by atoms with Crippen LogP contribution in [0.1, 0.15) is 70.5 Å². The summed E-state index contributed by atoms with van der Waals surface area (Å²) in [6, 6.07) is 13.0. The van der Waals surface area contributed by atoms with Crippen molar-refractivity contribution in [3.05, 3.63) is 69.8 Å². The highest BCUT2D eigenvalue weighted by Crippen LogP contribution is 2.46. The normalized spacial score (nSPS) is 15.4. The molecule has 1 atom stereocenters. The second-order valence-electron chi connectivity index (χ2n) is 10.4. The van der Waals surface area contributed by atoms with Crippen molar-refractivity contribution in [1.29, 1.82) is 0 Å². The number of carbonyl (C=O) groups excluding carboxylic acids is 2. The molecule has 3 heterocycles. The van der Waals surface area contributed by atoms with Gasteiger partial charge in [-0.2, -0.15) is 0 Å². The SMILES string of the molecule is CCC(C)(C)[C@@H]1CCc2c(sc(NC(=O)c3cc(-c4ccc(C)o4)nc4ccccc34)c2C(=O)OC)C1. The molecule has 0 aliphatic heterocycles. The number of ether oxygens (including phenoxy) is 1. The first-order chi connectivity index (χ1) is 17.7. The van der Waals surface area contributed by atoms with Gasteiger partial charge in [0.1, 0.15) is 16.5 Å². The number of benzene rings is 1. The molecule has 5 rings (SSSR count). The lowest BCUT2D eigenvalue weighted by molar-refractivity contribution is 0.0600. The Bertz CT molecular complexity index is 1500. The van der Waals surface area contributed by atoms with Crippen molar-refractivity contribution in [2.75, 3.05) is 12.4 Å². The number of carbonyl (C=O) groups is 2. The number of aromatic nitrogens is 1. The number of methoxy groups -OCH3 is 1. The van der Waals surface area contributed by atoms with Gasteiger partial charge in [0, 0.05) is 10.3 Å². The summed E-state index contributed by atoms with van der Waals surface area (Å²) in [5.74, 6) is 1.20. The zero-order valence-electron chi connectivity index (χ0n) is 21.9. The second-order valence-corrected chi connectivity index (χ2v) is 11.5. The molecule has 0 bridgehead atoms. The topological polar surface area (TPSA) is 81.4 Å². The molecule has 6 nitrogen and oxygen atoms in total. The van der Waals surface area contributed by atoms with Crippen molar-refractivity contribution in [3.63, 3.8) is 0 Å². The van der Waals surface area contributed by atoms with Crippen molar-refractivity contribution in [2.24, 2.45) is 11.3 Å². The number of rotatable bonds is 6. The number of amides is 1. The van der Waals surface area contributed by atoms with Crippen molar-refractivity contribution >= 4 is 39.1 Å². The predicted molar refractivity (Wildman–Crippen MR) is 147 cm³/mol. The number of aryl methyl sites for hydroxylation is 1. The van der Waals surface area contributed by atoms with E-state index in [1.807, 2.05) is 43.3 Å². The Morgan fingerprint density at radius 1 is 1.22 bits per heavy atom. The minimum atomic E-state index is -0.410. The number of hydrogen-bond donors (Lipinski definition) is 1. The van der Waals surface area contributed by atoms with Gasteiger partial charge >= 0.3 is 5.97 Å². The maximum atomic E-state index is 13.7. The van der Waals surface area contributed by atoms with Crippen molar-refractivity contribution < 1.29 is 18.7 Å². The largest absolute Gasteiger partial charge is 0.465 e. The summed E-state index contributed by atoms with van der Waals surface area (Å²) in [6.07, 6.45) is 3.82. The number of nitrogens with zero attached hydrogens (tertiary/aromatic N) is 1. The summed E-state index contributed by atoms with van der Waals surface area (Å²) in [7, 11) is 1.39. The van der Waals surface area contributed by atoms with E-state index in [-0.39, 0.29) is 11.3 Å². The fraction of sp³-hybridized carbons (Fsp3) is 0.367. The molecule has 1 aromatic carbocycles. The van der Waals surface area contributed by atoms with Gasteiger partial charge in [-0.25, -0.2) is 9.78 Å². The van der Waals surface area contributed by atoms with Crippen LogP contribution in [-0.4, -0.2) is 24.0 Å². The van der Waals surface area contributed by atoms with Crippen LogP contribution in [0.15, 0.2) is 46.9 Å². The van der Waals surface area contributed by atoms with E-state index < -0.39 is 5.97 Å². The zero-order valence-corrected chi connectivity index (χ0v) is 22.8. The average Bonchev–Trinajstić information content (AvgIpc) is 3.50. The molecule has 3 aromatic heterocycles. The Hall–Kier alpha value is -3.45. The van der Waals surface area contributed by atoms with Crippen LogP contribution in [0.4, 0.5) is 5.00 Å². The number of anilines is 1. The van der Waals surface area contributed by atoms with Crippen molar-refractivity contribution in [1.82, 2.24) is 4.98 Å². The fourth-order valence-electron chi connectivity index (χ4n) is 5.18. The molecular formula is C30H32N2O4S. The number of pyridine rings is 1. The molecule has 1 aliphatic carbocycles. The van der Waals surface area contributed by atoms with Gasteiger partial charge in [0.05, 0.1) is 23.8 Å². The number of fused-ring (bicyclic) bond motifs is 2. The van der Waals surface area contributed by atoms with Gasteiger partial charge in [-0.3, -0.25) is 4.79 Å². The van der Waals surface area contributed by atoms with Crippen LogP contribution in [0.3, 0.4) is 0 Å². The Morgan fingerprint density at radius 3 is 2.70 bits per heavy atom. The molecule has 0 saturated carbocycles. The maximum absolute atomic E-state index is 13.7. The minimum Gasteiger partial charge on any atom is -0.465 e. The number of thiophene rings is 1. The highest BCUT2D eigenvalue weighted by molar-refractivity contribution is 7.17. The first-order valence-corrected chi connectivity index (χ1v) is 13.5. The lowest BCUT2D eigenvalue weighted by Gasteiger charge is -2.36. The average molecular weight is 517 g/mol. The van der Waals surface area contributed by atoms with Gasteiger partial charge in [0.25, 0.3) is 5.91 Å². The summed E-state index contributed by atoms with van der Waals surface area (Å²) in [6.45, 7) is 8.73. The first kappa shape index (κ1) is 25.2. The van der Waals surface area contributed by atoms with E-state index in [1.165, 1.54) is 23.3 Å². The minimum absolute atomic E-state index is 0.215.